The average molecular weight is 434 g/mol. The van der Waals surface area contributed by atoms with Crippen LogP contribution in [0.15, 0.2) is 23.8 Å². The Kier molecular flexibility index (Phi) is 3.46. The number of carbonyl (C=O) groups is 2. The minimum Gasteiger partial charge on any atom is -0.461 e. The first-order valence-electron chi connectivity index (χ1n) is 10.7. The Hall–Kier alpha value is -1.78. The molecule has 9 heteroatoms. The fourth-order valence-electron chi connectivity index (χ4n) is 7.74. The number of aliphatic hydroxyl groups is 3. The Bertz CT molecular complexity index is 970. The number of rotatable bonds is 1. The van der Waals surface area contributed by atoms with E-state index in [9.17, 15) is 24.9 Å². The lowest BCUT2D eigenvalue weighted by Gasteiger charge is -2.65. The van der Waals surface area contributed by atoms with Crippen LogP contribution in [0, 0.1) is 23.2 Å². The summed E-state index contributed by atoms with van der Waals surface area (Å²) in [6.07, 6.45) is -1.85. The van der Waals surface area contributed by atoms with Gasteiger partial charge in [0.1, 0.15) is 29.3 Å². The van der Waals surface area contributed by atoms with Gasteiger partial charge in [0.05, 0.1) is 5.60 Å². The molecule has 3 N–H and O–H groups in total. The molecule has 168 valence electrons. The van der Waals surface area contributed by atoms with Gasteiger partial charge in [-0.25, -0.2) is 0 Å². The third-order valence-corrected chi connectivity index (χ3v) is 8.70. The van der Waals surface area contributed by atoms with Crippen molar-refractivity contribution < 1.29 is 43.9 Å². The summed E-state index contributed by atoms with van der Waals surface area (Å²) in [4.78, 5) is 25.6. The number of fused-ring (bicyclic) bond motifs is 3. The normalized spacial score (nSPS) is 58.4. The van der Waals surface area contributed by atoms with Crippen LogP contribution in [0.5, 0.6) is 0 Å². The van der Waals surface area contributed by atoms with Crippen LogP contribution in [-0.2, 0) is 28.5 Å². The molecule has 6 aliphatic rings. The second kappa shape index (κ2) is 5.40. The van der Waals surface area contributed by atoms with E-state index in [0.29, 0.717) is 11.1 Å². The van der Waals surface area contributed by atoms with Gasteiger partial charge in [-0.15, -0.1) is 0 Å². The van der Waals surface area contributed by atoms with E-state index in [1.165, 1.54) is 6.92 Å². The van der Waals surface area contributed by atoms with E-state index in [4.69, 9.17) is 18.9 Å². The molecule has 0 aromatic carbocycles. The maximum Gasteiger partial charge on any atom is 0.319 e. The molecule has 4 aliphatic heterocycles. The number of hydrogen-bond acceptors (Lipinski definition) is 9. The zero-order valence-electron chi connectivity index (χ0n) is 17.5. The van der Waals surface area contributed by atoms with E-state index in [2.05, 4.69) is 6.58 Å². The number of ether oxygens (including phenoxy) is 4. The summed E-state index contributed by atoms with van der Waals surface area (Å²) in [5, 5.41) is 33.2. The Morgan fingerprint density at radius 1 is 1.35 bits per heavy atom. The van der Waals surface area contributed by atoms with Gasteiger partial charge in [0.15, 0.2) is 6.29 Å². The molecule has 2 spiro atoms. The van der Waals surface area contributed by atoms with Gasteiger partial charge in [0.25, 0.3) is 0 Å². The predicted octanol–water partition coefficient (Wildman–Crippen LogP) is -0.0722. The standard InChI is InChI=1S/C22H26O9/c1-8-6-20-15-14-12(7-19(15,4)26)29-18(25)21(14,20)13(28-10(3)23)5-11-9(2)17(24)30-16(11)22(8,27)31-20/h6,11-17,24,26-27H,2,5,7H2,1,3-4H3. The van der Waals surface area contributed by atoms with Crippen LogP contribution in [0.25, 0.3) is 0 Å². The van der Waals surface area contributed by atoms with E-state index in [0.717, 1.165) is 0 Å². The number of aliphatic hydroxyl groups excluding tert-OH is 1. The molecule has 0 aromatic heterocycles. The molecular formula is C22H26O9. The van der Waals surface area contributed by atoms with Gasteiger partial charge >= 0.3 is 11.9 Å². The highest BCUT2D eigenvalue weighted by atomic mass is 16.7. The third kappa shape index (κ3) is 1.89. The van der Waals surface area contributed by atoms with Crippen molar-refractivity contribution in [2.75, 3.05) is 0 Å². The lowest BCUT2D eigenvalue weighted by Crippen LogP contribution is -2.79. The Morgan fingerprint density at radius 2 is 2.06 bits per heavy atom. The molecule has 2 bridgehead atoms. The van der Waals surface area contributed by atoms with Crippen LogP contribution < -0.4 is 0 Å². The quantitative estimate of drug-likeness (QED) is 0.383. The van der Waals surface area contributed by atoms with E-state index in [1.807, 2.05) is 0 Å². The second-order valence-corrected chi connectivity index (χ2v) is 10.2. The largest absolute Gasteiger partial charge is 0.461 e. The van der Waals surface area contributed by atoms with E-state index >= 15 is 0 Å². The maximum absolute atomic E-state index is 13.5. The van der Waals surface area contributed by atoms with Crippen molar-refractivity contribution in [2.45, 2.75) is 75.2 Å². The zero-order valence-corrected chi connectivity index (χ0v) is 17.5. The van der Waals surface area contributed by atoms with Gasteiger partial charge in [-0.2, -0.15) is 0 Å². The Morgan fingerprint density at radius 3 is 2.74 bits per heavy atom. The smallest absolute Gasteiger partial charge is 0.319 e. The van der Waals surface area contributed by atoms with Crippen LogP contribution in [0.1, 0.15) is 33.6 Å². The van der Waals surface area contributed by atoms with Crippen LogP contribution in [-0.4, -0.2) is 68.8 Å². The van der Waals surface area contributed by atoms with Gasteiger partial charge in [0, 0.05) is 31.1 Å². The summed E-state index contributed by atoms with van der Waals surface area (Å²) in [6, 6.07) is 0. The molecule has 11 unspecified atom stereocenters. The summed E-state index contributed by atoms with van der Waals surface area (Å²) in [7, 11) is 0. The summed E-state index contributed by atoms with van der Waals surface area (Å²) in [5.41, 5.74) is -3.35. The number of hydrogen-bond donors (Lipinski definition) is 3. The first-order chi connectivity index (χ1) is 14.4. The van der Waals surface area contributed by atoms with Gasteiger partial charge < -0.3 is 34.3 Å². The van der Waals surface area contributed by atoms with Crippen molar-refractivity contribution >= 4 is 11.9 Å². The van der Waals surface area contributed by atoms with Gasteiger partial charge in [-0.05, 0) is 37.5 Å². The topological polar surface area (TPSA) is 132 Å². The highest BCUT2D eigenvalue weighted by Crippen LogP contribution is 2.79. The van der Waals surface area contributed by atoms with Crippen LogP contribution in [0.4, 0.5) is 0 Å². The van der Waals surface area contributed by atoms with Crippen molar-refractivity contribution in [3.63, 3.8) is 0 Å². The Labute approximate surface area is 178 Å². The van der Waals surface area contributed by atoms with Crippen molar-refractivity contribution in [3.8, 4) is 0 Å². The molecule has 5 fully saturated rings. The third-order valence-electron chi connectivity index (χ3n) is 8.70. The highest BCUT2D eigenvalue weighted by molar-refractivity contribution is 5.87. The van der Waals surface area contributed by atoms with Crippen molar-refractivity contribution in [3.05, 3.63) is 23.8 Å². The summed E-state index contributed by atoms with van der Waals surface area (Å²) >= 11 is 0. The van der Waals surface area contributed by atoms with Crippen molar-refractivity contribution in [2.24, 2.45) is 23.2 Å². The molecular weight excluding hydrogens is 408 g/mol. The van der Waals surface area contributed by atoms with Crippen LogP contribution >= 0.6 is 0 Å². The predicted molar refractivity (Wildman–Crippen MR) is 101 cm³/mol. The maximum atomic E-state index is 13.5. The van der Waals surface area contributed by atoms with E-state index < -0.39 is 76.7 Å². The summed E-state index contributed by atoms with van der Waals surface area (Å²) in [5.74, 6) is -4.70. The molecule has 0 radical (unpaired) electrons. The highest BCUT2D eigenvalue weighted by Gasteiger charge is 2.92. The average Bonchev–Trinajstić information content (AvgIpc) is 3.24. The van der Waals surface area contributed by atoms with Crippen molar-refractivity contribution in [1.82, 2.24) is 0 Å². The van der Waals surface area contributed by atoms with Crippen LogP contribution in [0.2, 0.25) is 0 Å². The minimum atomic E-state index is -1.94. The first kappa shape index (κ1) is 19.9. The van der Waals surface area contributed by atoms with Crippen molar-refractivity contribution in [1.29, 1.82) is 0 Å². The molecule has 6 rings (SSSR count). The number of carbonyl (C=O) groups excluding carboxylic acids is 2. The molecule has 3 saturated heterocycles. The van der Waals surface area contributed by atoms with E-state index in [1.54, 1.807) is 19.9 Å². The van der Waals surface area contributed by atoms with Crippen LogP contribution in [0.3, 0.4) is 0 Å². The molecule has 2 saturated carbocycles. The molecule has 0 amide bonds. The first-order valence-corrected chi connectivity index (χ1v) is 10.7. The van der Waals surface area contributed by atoms with Gasteiger partial charge in [-0.3, -0.25) is 9.59 Å². The molecule has 11 atom stereocenters. The number of esters is 2. The SMILES string of the molecule is C=C1C(O)OC2C1CC(OC(C)=O)C13C(=O)OC4CC(C)(O)C(C41)C31C=C(C)C2(O)O1. The molecule has 4 heterocycles. The fourth-order valence-corrected chi connectivity index (χ4v) is 7.74. The molecule has 0 aromatic rings. The zero-order chi connectivity index (χ0) is 22.3. The lowest BCUT2D eigenvalue weighted by molar-refractivity contribution is -0.371. The summed E-state index contributed by atoms with van der Waals surface area (Å²) < 4.78 is 23.5. The monoisotopic (exact) mass is 434 g/mol. The molecule has 31 heavy (non-hydrogen) atoms. The molecule has 9 nitrogen and oxygen atoms in total. The van der Waals surface area contributed by atoms with Gasteiger partial charge in [0.2, 0.25) is 5.79 Å². The Balaban J connectivity index is 1.61. The van der Waals surface area contributed by atoms with Gasteiger partial charge in [-0.1, -0.05) is 6.58 Å². The minimum absolute atomic E-state index is 0.0991. The van der Waals surface area contributed by atoms with E-state index in [-0.39, 0.29) is 12.8 Å². The summed E-state index contributed by atoms with van der Waals surface area (Å²) in [6.45, 7) is 8.52. The fraction of sp³-hybridized carbons (Fsp3) is 0.727. The lowest BCUT2D eigenvalue weighted by atomic mass is 9.41. The second-order valence-electron chi connectivity index (χ2n) is 10.2. The molecule has 2 aliphatic carbocycles.